The van der Waals surface area contributed by atoms with Gasteiger partial charge in [-0.2, -0.15) is 0 Å². The highest BCUT2D eigenvalue weighted by Gasteiger charge is 2.30. The molecule has 41 heavy (non-hydrogen) atoms. The maximum absolute atomic E-state index is 15.0. The van der Waals surface area contributed by atoms with Crippen LogP contribution in [0.1, 0.15) is 36.2 Å². The second-order valence-electron chi connectivity index (χ2n) is 9.49. The highest BCUT2D eigenvalue weighted by atomic mass is 35.5. The molecule has 4 rings (SSSR count). The molecule has 0 radical (unpaired) electrons. The molecule has 0 aliphatic rings. The maximum atomic E-state index is 15.0. The molecule has 0 aliphatic heterocycles. The molecule has 0 unspecified atom stereocenters. The zero-order chi connectivity index (χ0) is 29.7. The fourth-order valence-corrected chi connectivity index (χ4v) is 5.35. The first-order valence-corrected chi connectivity index (χ1v) is 13.7. The molecule has 212 valence electrons. The summed E-state index contributed by atoms with van der Waals surface area (Å²) in [7, 11) is 1.54. The number of nitrogens with one attached hydrogen (secondary N) is 2. The first kappa shape index (κ1) is 29.9. The van der Waals surface area contributed by atoms with Gasteiger partial charge < -0.3 is 15.8 Å². The average molecular weight is 598 g/mol. The van der Waals surface area contributed by atoms with Crippen LogP contribution >= 0.6 is 23.4 Å². The average Bonchev–Trinajstić information content (AvgIpc) is 3.36. The van der Waals surface area contributed by atoms with Gasteiger partial charge in [0.1, 0.15) is 23.2 Å². The molecule has 3 aromatic carbocycles. The quantitative estimate of drug-likeness (QED) is 0.0946. The lowest BCUT2D eigenvalue weighted by Gasteiger charge is -2.28. The van der Waals surface area contributed by atoms with Gasteiger partial charge in [0.25, 0.3) is 0 Å². The number of imidazole rings is 1. The fraction of sp³-hybridized carbons (Fsp3) is 0.200. The van der Waals surface area contributed by atoms with Crippen LogP contribution in [-0.4, -0.2) is 29.2 Å². The predicted octanol–water partition coefficient (Wildman–Crippen LogP) is 6.40. The van der Waals surface area contributed by atoms with Crippen LogP contribution in [0.2, 0.25) is 5.02 Å². The first-order chi connectivity index (χ1) is 19.5. The first-order valence-electron chi connectivity index (χ1n) is 12.4. The lowest BCUT2D eigenvalue weighted by Crippen LogP contribution is -2.30. The van der Waals surface area contributed by atoms with E-state index in [0.717, 1.165) is 35.2 Å². The minimum atomic E-state index is -0.741. The van der Waals surface area contributed by atoms with Gasteiger partial charge in [0, 0.05) is 28.0 Å². The highest BCUT2D eigenvalue weighted by Crippen LogP contribution is 2.39. The zero-order valence-electron chi connectivity index (χ0n) is 22.5. The molecule has 4 N–H and O–H groups in total. The normalized spacial score (nSPS) is 11.1. The predicted molar refractivity (Wildman–Crippen MR) is 156 cm³/mol. The molecule has 11 heteroatoms. The fourth-order valence-electron chi connectivity index (χ4n) is 4.15. The number of nitrogens with zero attached hydrogens (tertiary/aromatic N) is 2. The molecule has 0 amide bonds. The Morgan fingerprint density at radius 3 is 2.44 bits per heavy atom. The van der Waals surface area contributed by atoms with Crippen molar-refractivity contribution in [2.45, 2.75) is 30.2 Å². The van der Waals surface area contributed by atoms with Crippen molar-refractivity contribution in [2.24, 2.45) is 5.73 Å². The third-order valence-corrected chi connectivity index (χ3v) is 7.71. The molecular formula is C30H27ClF3N5OS. The number of hydrogen-bond donors (Lipinski definition) is 3. The molecule has 1 heterocycles. The number of hydrogen-bond acceptors (Lipinski definition) is 4. The van der Waals surface area contributed by atoms with Crippen LogP contribution in [0.25, 0.3) is 5.69 Å². The van der Waals surface area contributed by atoms with E-state index in [9.17, 15) is 13.2 Å². The van der Waals surface area contributed by atoms with Crippen LogP contribution in [0.3, 0.4) is 0 Å². The number of guanidine groups is 1. The van der Waals surface area contributed by atoms with Crippen LogP contribution in [0.4, 0.5) is 13.2 Å². The number of ether oxygens (including phenoxy) is 1. The number of thioether (sulfide) groups is 1. The molecule has 0 aliphatic carbocycles. The Morgan fingerprint density at radius 1 is 1.12 bits per heavy atom. The van der Waals surface area contributed by atoms with Crippen molar-refractivity contribution in [1.29, 1.82) is 5.41 Å². The Hall–Kier alpha value is -4.07. The summed E-state index contributed by atoms with van der Waals surface area (Å²) >= 11 is 7.40. The summed E-state index contributed by atoms with van der Waals surface area (Å²) in [5, 5.41) is 10.6. The van der Waals surface area contributed by atoms with Crippen molar-refractivity contribution < 1.29 is 17.9 Å². The molecule has 4 aromatic rings. The van der Waals surface area contributed by atoms with E-state index in [4.69, 9.17) is 27.5 Å². The van der Waals surface area contributed by atoms with Crippen molar-refractivity contribution in [2.75, 3.05) is 13.7 Å². The van der Waals surface area contributed by atoms with Crippen molar-refractivity contribution in [3.05, 3.63) is 106 Å². The van der Waals surface area contributed by atoms with Gasteiger partial charge in [-0.05, 0) is 54.1 Å². The van der Waals surface area contributed by atoms with E-state index in [1.165, 1.54) is 12.1 Å². The smallest absolute Gasteiger partial charge is 0.186 e. The number of benzene rings is 3. The van der Waals surface area contributed by atoms with E-state index >= 15 is 0 Å². The lowest BCUT2D eigenvalue weighted by atomic mass is 9.81. The molecule has 0 spiro atoms. The third-order valence-electron chi connectivity index (χ3n) is 6.41. The zero-order valence-corrected chi connectivity index (χ0v) is 24.1. The minimum absolute atomic E-state index is 0.0515. The Bertz CT molecular complexity index is 1620. The van der Waals surface area contributed by atoms with Crippen molar-refractivity contribution in [3.8, 4) is 23.3 Å². The van der Waals surface area contributed by atoms with Crippen LogP contribution in [0, 0.1) is 34.7 Å². The molecule has 0 saturated carbocycles. The summed E-state index contributed by atoms with van der Waals surface area (Å²) in [6, 6.07) is 13.8. The van der Waals surface area contributed by atoms with Crippen molar-refractivity contribution in [3.63, 3.8) is 0 Å². The summed E-state index contributed by atoms with van der Waals surface area (Å²) < 4.78 is 51.0. The molecule has 6 nitrogen and oxygen atoms in total. The van der Waals surface area contributed by atoms with Gasteiger partial charge in [0.15, 0.2) is 11.1 Å². The third kappa shape index (κ3) is 6.81. The number of nitrogens with two attached hydrogens (primary N) is 1. The van der Waals surface area contributed by atoms with Crippen LogP contribution in [-0.2, 0) is 11.2 Å². The monoisotopic (exact) mass is 597 g/mol. The Morgan fingerprint density at radius 2 is 1.80 bits per heavy atom. The van der Waals surface area contributed by atoms with Crippen LogP contribution in [0.5, 0.6) is 5.75 Å². The van der Waals surface area contributed by atoms with Gasteiger partial charge in [-0.3, -0.25) is 9.98 Å². The van der Waals surface area contributed by atoms with Gasteiger partial charge in [-0.25, -0.2) is 18.2 Å². The Labute approximate surface area is 245 Å². The highest BCUT2D eigenvalue weighted by molar-refractivity contribution is 7.98. The Balaban J connectivity index is 1.69. The van der Waals surface area contributed by atoms with Crippen molar-refractivity contribution in [1.82, 2.24) is 14.9 Å². The van der Waals surface area contributed by atoms with E-state index in [1.807, 2.05) is 30.5 Å². The van der Waals surface area contributed by atoms with Gasteiger partial charge in [-0.15, -0.1) is 0 Å². The summed E-state index contributed by atoms with van der Waals surface area (Å²) in [4.78, 5) is 4.60. The van der Waals surface area contributed by atoms with E-state index < -0.39 is 22.9 Å². The van der Waals surface area contributed by atoms with E-state index in [2.05, 4.69) is 22.1 Å². The summed E-state index contributed by atoms with van der Waals surface area (Å²) in [5.74, 6) is 3.66. The number of aromatic nitrogens is 2. The molecule has 0 bridgehead atoms. The lowest BCUT2D eigenvalue weighted by molar-refractivity contribution is 0.413. The standard InChI is InChI=1S/C30H27ClF3N5OS/c1-30(2,19-6-11-23(31)26(15-19)40-3)27-16-38-29(39(27)21-9-7-20(32)8-10-21)41-17-22-24(33)13-18(14-25(22)34)5-4-12-37-28(35)36/h6-11,13-16H,12,17H2,1-3H3,(H4,35,36,37). The second kappa shape index (κ2) is 12.6. The van der Waals surface area contributed by atoms with Gasteiger partial charge in [0.2, 0.25) is 0 Å². The van der Waals surface area contributed by atoms with Crippen LogP contribution < -0.4 is 15.8 Å². The van der Waals surface area contributed by atoms with Gasteiger partial charge >= 0.3 is 0 Å². The Kier molecular flexibility index (Phi) is 9.21. The van der Waals surface area contributed by atoms with Crippen LogP contribution in [0.15, 0.2) is 66.0 Å². The molecule has 0 atom stereocenters. The second-order valence-corrected chi connectivity index (χ2v) is 10.8. The largest absolute Gasteiger partial charge is 0.495 e. The molecule has 0 saturated heterocycles. The van der Waals surface area contributed by atoms with E-state index in [0.29, 0.717) is 21.6 Å². The van der Waals surface area contributed by atoms with Gasteiger partial charge in [-0.1, -0.05) is 55.1 Å². The van der Waals surface area contributed by atoms with E-state index in [1.54, 1.807) is 31.5 Å². The topological polar surface area (TPSA) is 88.9 Å². The summed E-state index contributed by atoms with van der Waals surface area (Å²) in [5.41, 5.74) is 6.91. The van der Waals surface area contributed by atoms with Crippen molar-refractivity contribution >= 4 is 29.3 Å². The van der Waals surface area contributed by atoms with E-state index in [-0.39, 0.29) is 29.4 Å². The number of halogens is 4. The van der Waals surface area contributed by atoms with Gasteiger partial charge in [0.05, 0.1) is 30.6 Å². The number of rotatable bonds is 8. The molecular weight excluding hydrogens is 571 g/mol. The maximum Gasteiger partial charge on any atom is 0.186 e. The number of methoxy groups -OCH3 is 1. The SMILES string of the molecule is COc1cc(C(C)(C)c2cnc(SCc3c(F)cc(C#CCNC(=N)N)cc3F)n2-c2ccc(F)cc2)ccc1Cl. The molecule has 0 fully saturated rings. The minimum Gasteiger partial charge on any atom is -0.495 e. The summed E-state index contributed by atoms with van der Waals surface area (Å²) in [6.45, 7) is 4.09. The summed E-state index contributed by atoms with van der Waals surface area (Å²) in [6.07, 6.45) is 1.70. The molecule has 1 aromatic heterocycles.